The molecule has 0 saturated heterocycles. The minimum Gasteiger partial charge on any atom is -0.267 e. The number of hydrogen-bond acceptors (Lipinski definition) is 7. The second-order valence-corrected chi connectivity index (χ2v) is 4.35. The van der Waals surface area contributed by atoms with Crippen LogP contribution in [0.4, 0.5) is 5.69 Å². The molecule has 0 aliphatic carbocycles. The van der Waals surface area contributed by atoms with Crippen LogP contribution in [-0.4, -0.2) is 24.9 Å². The van der Waals surface area contributed by atoms with Crippen LogP contribution in [0.3, 0.4) is 0 Å². The highest BCUT2D eigenvalue weighted by Crippen LogP contribution is 2.15. The van der Waals surface area contributed by atoms with Crippen molar-refractivity contribution in [2.75, 3.05) is 0 Å². The number of nitro groups is 1. The Hall–Kier alpha value is -3.03. The molecule has 0 amide bonds. The normalized spacial score (nSPS) is 10.9. The zero-order valence-corrected chi connectivity index (χ0v) is 11.0. The number of rotatable bonds is 2. The van der Waals surface area contributed by atoms with Crippen LogP contribution in [0.5, 0.6) is 0 Å². The Morgan fingerprint density at radius 1 is 1.19 bits per heavy atom. The van der Waals surface area contributed by atoms with E-state index >= 15 is 0 Å². The predicted molar refractivity (Wildman–Crippen MR) is 74.9 cm³/mol. The molecular weight excluding hydrogens is 274 g/mol. The molecule has 104 valence electrons. The quantitative estimate of drug-likeness (QED) is 0.516. The lowest BCUT2D eigenvalue weighted by Gasteiger charge is -1.95. The molecule has 0 saturated carbocycles. The average molecular weight is 283 g/mol. The second kappa shape index (κ2) is 4.82. The first kappa shape index (κ1) is 13.0. The number of aryl methyl sites for hydroxylation is 1. The summed E-state index contributed by atoms with van der Waals surface area (Å²) in [5, 5.41) is 10.8. The van der Waals surface area contributed by atoms with E-state index in [1.54, 1.807) is 12.1 Å². The van der Waals surface area contributed by atoms with Gasteiger partial charge in [-0.15, -0.1) is 0 Å². The minimum absolute atomic E-state index is 0.000230. The third kappa shape index (κ3) is 2.27. The van der Waals surface area contributed by atoms with Gasteiger partial charge in [-0.25, -0.2) is 19.9 Å². The molecular formula is C13H9N5O3. The highest BCUT2D eigenvalue weighted by atomic mass is 16.6. The van der Waals surface area contributed by atoms with E-state index < -0.39 is 10.5 Å². The molecule has 0 bridgehead atoms. The molecule has 0 radical (unpaired) electrons. The van der Waals surface area contributed by atoms with E-state index in [4.69, 9.17) is 0 Å². The first-order valence-electron chi connectivity index (χ1n) is 6.20. The highest BCUT2D eigenvalue weighted by Gasteiger charge is 2.11. The third-order valence-corrected chi connectivity index (χ3v) is 3.00. The van der Waals surface area contributed by atoms with Gasteiger partial charge in [0.2, 0.25) is 0 Å². The molecule has 3 rings (SSSR count). The monoisotopic (exact) mass is 283 g/mol. The molecule has 0 aromatic carbocycles. The molecule has 8 nitrogen and oxygen atoms in total. The van der Waals surface area contributed by atoms with Gasteiger partial charge in [-0.1, -0.05) is 6.92 Å². The molecule has 3 heterocycles. The lowest BCUT2D eigenvalue weighted by molar-refractivity contribution is -0.385. The van der Waals surface area contributed by atoms with E-state index in [-0.39, 0.29) is 16.7 Å². The number of fused-ring (bicyclic) bond motifs is 2. The lowest BCUT2D eigenvalue weighted by Crippen LogP contribution is -2.03. The molecule has 0 aliphatic heterocycles. The van der Waals surface area contributed by atoms with Gasteiger partial charge in [-0.05, 0) is 18.6 Å². The number of nitrogens with zero attached hydrogens (tertiary/aromatic N) is 5. The van der Waals surface area contributed by atoms with Crippen LogP contribution in [0, 0.1) is 10.1 Å². The van der Waals surface area contributed by atoms with Gasteiger partial charge < -0.3 is 0 Å². The van der Waals surface area contributed by atoms with E-state index in [2.05, 4.69) is 19.9 Å². The summed E-state index contributed by atoms with van der Waals surface area (Å²) in [6, 6.07) is 4.55. The van der Waals surface area contributed by atoms with Crippen LogP contribution in [0.25, 0.3) is 22.2 Å². The fourth-order valence-electron chi connectivity index (χ4n) is 1.91. The Kier molecular flexibility index (Phi) is 2.98. The summed E-state index contributed by atoms with van der Waals surface area (Å²) < 4.78 is 0. The standard InChI is InChI=1S/C13H9N5O3/c1-2-7-3-4-10-12(15-7)17-11-9(13(19)16-10)5-8(6-14-11)18(20)21/h3-6H,2H2,1H3. The van der Waals surface area contributed by atoms with Crippen molar-refractivity contribution in [3.05, 3.63) is 50.6 Å². The van der Waals surface area contributed by atoms with Gasteiger partial charge in [0, 0.05) is 11.8 Å². The molecule has 0 unspecified atom stereocenters. The molecule has 0 spiro atoms. The molecule has 0 atom stereocenters. The fraction of sp³-hybridized carbons (Fsp3) is 0.154. The van der Waals surface area contributed by atoms with E-state index in [1.165, 1.54) is 0 Å². The molecule has 0 N–H and O–H groups in total. The molecule has 0 aliphatic rings. The SMILES string of the molecule is CCc1ccc2nc(=O)c3cc([N+](=O)[O-])cnc3nc2n1. The Morgan fingerprint density at radius 2 is 2.00 bits per heavy atom. The van der Waals surface area contributed by atoms with Crippen molar-refractivity contribution in [1.29, 1.82) is 0 Å². The second-order valence-electron chi connectivity index (χ2n) is 4.35. The van der Waals surface area contributed by atoms with E-state index in [0.717, 1.165) is 24.4 Å². The number of hydrogen-bond donors (Lipinski definition) is 0. The van der Waals surface area contributed by atoms with E-state index in [1.807, 2.05) is 6.92 Å². The smallest absolute Gasteiger partial charge is 0.267 e. The zero-order valence-electron chi connectivity index (χ0n) is 11.0. The maximum absolute atomic E-state index is 12.1. The summed E-state index contributed by atoms with van der Waals surface area (Å²) in [7, 11) is 0. The van der Waals surface area contributed by atoms with Crippen molar-refractivity contribution in [3.8, 4) is 0 Å². The van der Waals surface area contributed by atoms with Crippen molar-refractivity contribution in [1.82, 2.24) is 19.9 Å². The molecule has 21 heavy (non-hydrogen) atoms. The molecule has 8 heteroatoms. The van der Waals surface area contributed by atoms with Gasteiger partial charge in [-0.2, -0.15) is 0 Å². The van der Waals surface area contributed by atoms with Crippen molar-refractivity contribution < 1.29 is 4.92 Å². The van der Waals surface area contributed by atoms with Gasteiger partial charge >= 0.3 is 0 Å². The summed E-state index contributed by atoms with van der Waals surface area (Å²) in [6.07, 6.45) is 1.78. The molecule has 0 fully saturated rings. The largest absolute Gasteiger partial charge is 0.288 e. The lowest BCUT2D eigenvalue weighted by atomic mass is 10.3. The Labute approximate surface area is 117 Å². The fourth-order valence-corrected chi connectivity index (χ4v) is 1.91. The van der Waals surface area contributed by atoms with E-state index in [9.17, 15) is 14.9 Å². The Bertz CT molecular complexity index is 942. The summed E-state index contributed by atoms with van der Waals surface area (Å²) in [5.74, 6) is 0. The topological polar surface area (TPSA) is 112 Å². The Balaban J connectivity index is 2.43. The van der Waals surface area contributed by atoms with Gasteiger partial charge in [-0.3, -0.25) is 14.9 Å². The van der Waals surface area contributed by atoms with Gasteiger partial charge in [0.15, 0.2) is 11.3 Å². The van der Waals surface area contributed by atoms with Crippen LogP contribution in [0.2, 0.25) is 0 Å². The van der Waals surface area contributed by atoms with Gasteiger partial charge in [0.1, 0.15) is 11.7 Å². The van der Waals surface area contributed by atoms with Crippen LogP contribution >= 0.6 is 0 Å². The van der Waals surface area contributed by atoms with Crippen molar-refractivity contribution in [3.63, 3.8) is 0 Å². The Morgan fingerprint density at radius 3 is 2.71 bits per heavy atom. The average Bonchev–Trinajstić information content (AvgIpc) is 2.62. The summed E-state index contributed by atoms with van der Waals surface area (Å²) in [4.78, 5) is 38.5. The summed E-state index contributed by atoms with van der Waals surface area (Å²) in [6.45, 7) is 1.95. The van der Waals surface area contributed by atoms with Gasteiger partial charge in [0.05, 0.1) is 10.3 Å². The summed E-state index contributed by atoms with van der Waals surface area (Å²) in [5.41, 5.74) is 0.635. The van der Waals surface area contributed by atoms with Crippen molar-refractivity contribution in [2.45, 2.75) is 13.3 Å². The van der Waals surface area contributed by atoms with Crippen LogP contribution in [0.1, 0.15) is 12.6 Å². The maximum atomic E-state index is 12.1. The van der Waals surface area contributed by atoms with E-state index in [0.29, 0.717) is 11.2 Å². The number of aromatic nitrogens is 4. The third-order valence-electron chi connectivity index (χ3n) is 3.00. The van der Waals surface area contributed by atoms with Crippen LogP contribution in [-0.2, 0) is 6.42 Å². The zero-order chi connectivity index (χ0) is 15.0. The summed E-state index contributed by atoms with van der Waals surface area (Å²) >= 11 is 0. The predicted octanol–water partition coefficient (Wildman–Crippen LogP) is 1.40. The van der Waals surface area contributed by atoms with Crippen LogP contribution in [0.15, 0.2) is 29.2 Å². The van der Waals surface area contributed by atoms with Crippen LogP contribution < -0.4 is 5.56 Å². The van der Waals surface area contributed by atoms with Gasteiger partial charge in [0.25, 0.3) is 11.2 Å². The highest BCUT2D eigenvalue weighted by molar-refractivity contribution is 5.80. The van der Waals surface area contributed by atoms with Crippen molar-refractivity contribution >= 4 is 27.9 Å². The number of pyridine rings is 2. The molecule has 3 aromatic rings. The minimum atomic E-state index is -0.619. The maximum Gasteiger partial charge on any atom is 0.288 e. The van der Waals surface area contributed by atoms with Crippen molar-refractivity contribution in [2.24, 2.45) is 0 Å². The first-order chi connectivity index (χ1) is 10.1. The first-order valence-corrected chi connectivity index (χ1v) is 6.20. The molecule has 3 aromatic heterocycles.